The highest BCUT2D eigenvalue weighted by Crippen LogP contribution is 2.19. The molecule has 0 radical (unpaired) electrons. The van der Waals surface area contributed by atoms with E-state index in [1.807, 2.05) is 42.5 Å². The molecule has 128 valence electrons. The number of ether oxygens (including phenoxy) is 1. The molecule has 6 nitrogen and oxygen atoms in total. The normalized spacial score (nSPS) is 14.8. The second-order valence-electron chi connectivity index (χ2n) is 5.71. The summed E-state index contributed by atoms with van der Waals surface area (Å²) in [6.45, 7) is 2.15. The molecule has 1 aliphatic rings. The molecule has 3 rings (SSSR count). The summed E-state index contributed by atoms with van der Waals surface area (Å²) in [7, 11) is 0. The first kappa shape index (κ1) is 16.7. The van der Waals surface area contributed by atoms with Gasteiger partial charge >= 0.3 is 12.0 Å². The number of nitrogens with zero attached hydrogens (tertiary/aromatic N) is 1. The minimum absolute atomic E-state index is 0.283. The molecule has 0 spiro atoms. The number of esters is 1. The summed E-state index contributed by atoms with van der Waals surface area (Å²) in [6, 6.07) is 16.3. The number of urea groups is 1. The number of benzene rings is 2. The monoisotopic (exact) mass is 338 g/mol. The van der Waals surface area contributed by atoms with Crippen molar-refractivity contribution in [2.45, 2.75) is 13.0 Å². The quantitative estimate of drug-likeness (QED) is 0.869. The van der Waals surface area contributed by atoms with E-state index in [2.05, 4.69) is 5.32 Å². The Balaban J connectivity index is 1.65. The SMILES string of the molecule is C[C@@H](OC(=O)c1ccc(-c2ccccc2)cc1)C(=O)N1CCNC1=O. The molecular formula is C19H18N2O4. The topological polar surface area (TPSA) is 75.7 Å². The lowest BCUT2D eigenvalue weighted by Crippen LogP contribution is -2.41. The molecule has 3 amide bonds. The number of carbonyl (C=O) groups is 3. The van der Waals surface area contributed by atoms with Crippen LogP contribution >= 0.6 is 0 Å². The third kappa shape index (κ3) is 3.68. The molecule has 0 bridgehead atoms. The molecule has 2 aromatic rings. The third-order valence-corrected chi connectivity index (χ3v) is 3.98. The number of nitrogens with one attached hydrogen (secondary N) is 1. The Morgan fingerprint density at radius 2 is 1.68 bits per heavy atom. The van der Waals surface area contributed by atoms with Gasteiger partial charge in [-0.3, -0.25) is 9.69 Å². The second kappa shape index (κ2) is 7.17. The van der Waals surface area contributed by atoms with Gasteiger partial charge < -0.3 is 10.1 Å². The van der Waals surface area contributed by atoms with Crippen molar-refractivity contribution in [2.75, 3.05) is 13.1 Å². The van der Waals surface area contributed by atoms with Crippen molar-refractivity contribution in [1.29, 1.82) is 0 Å². The van der Waals surface area contributed by atoms with Crippen LogP contribution in [0.25, 0.3) is 11.1 Å². The average Bonchev–Trinajstić information content (AvgIpc) is 3.07. The van der Waals surface area contributed by atoms with Gasteiger partial charge in [-0.1, -0.05) is 42.5 Å². The molecule has 0 unspecified atom stereocenters. The fraction of sp³-hybridized carbons (Fsp3) is 0.211. The van der Waals surface area contributed by atoms with E-state index < -0.39 is 24.0 Å². The lowest BCUT2D eigenvalue weighted by molar-refractivity contribution is -0.136. The lowest BCUT2D eigenvalue weighted by atomic mass is 10.0. The molecule has 25 heavy (non-hydrogen) atoms. The van der Waals surface area contributed by atoms with Gasteiger partial charge in [0.05, 0.1) is 5.56 Å². The maximum absolute atomic E-state index is 12.2. The number of hydrogen-bond acceptors (Lipinski definition) is 4. The zero-order valence-electron chi connectivity index (χ0n) is 13.8. The van der Waals surface area contributed by atoms with Crippen molar-refractivity contribution in [3.8, 4) is 11.1 Å². The second-order valence-corrected chi connectivity index (χ2v) is 5.71. The summed E-state index contributed by atoms with van der Waals surface area (Å²) >= 11 is 0. The fourth-order valence-electron chi connectivity index (χ4n) is 2.61. The number of amides is 3. The Kier molecular flexibility index (Phi) is 4.79. The van der Waals surface area contributed by atoms with Gasteiger partial charge in [-0.2, -0.15) is 0 Å². The van der Waals surface area contributed by atoms with Crippen LogP contribution in [0.4, 0.5) is 4.79 Å². The number of carbonyl (C=O) groups excluding carboxylic acids is 3. The Bertz CT molecular complexity index is 787. The largest absolute Gasteiger partial charge is 0.449 e. The number of hydrogen-bond donors (Lipinski definition) is 1. The molecule has 2 aromatic carbocycles. The Morgan fingerprint density at radius 1 is 1.04 bits per heavy atom. The van der Waals surface area contributed by atoms with Gasteiger partial charge in [0, 0.05) is 13.1 Å². The minimum atomic E-state index is -1.02. The van der Waals surface area contributed by atoms with E-state index in [1.165, 1.54) is 6.92 Å². The van der Waals surface area contributed by atoms with Crippen molar-refractivity contribution in [3.63, 3.8) is 0 Å². The fourth-order valence-corrected chi connectivity index (χ4v) is 2.61. The Morgan fingerprint density at radius 3 is 2.28 bits per heavy atom. The van der Waals surface area contributed by atoms with Crippen LogP contribution in [-0.4, -0.2) is 42.0 Å². The van der Waals surface area contributed by atoms with Crippen molar-refractivity contribution in [2.24, 2.45) is 0 Å². The van der Waals surface area contributed by atoms with Crippen LogP contribution in [0.2, 0.25) is 0 Å². The van der Waals surface area contributed by atoms with Gasteiger partial charge in [-0.15, -0.1) is 0 Å². The predicted molar refractivity (Wildman–Crippen MR) is 91.9 cm³/mol. The first-order chi connectivity index (χ1) is 12.1. The van der Waals surface area contributed by atoms with Gasteiger partial charge in [-0.05, 0) is 30.2 Å². The summed E-state index contributed by atoms with van der Waals surface area (Å²) in [6.07, 6.45) is -1.02. The van der Waals surface area contributed by atoms with Crippen LogP contribution < -0.4 is 5.32 Å². The summed E-state index contributed by atoms with van der Waals surface area (Å²) in [5.74, 6) is -1.12. The standard InChI is InChI=1S/C19H18N2O4/c1-13(17(22)21-12-11-20-19(21)24)25-18(23)16-9-7-15(8-10-16)14-5-3-2-4-6-14/h2-10,13H,11-12H2,1H3,(H,20,24)/t13-/m1/s1. The molecule has 1 saturated heterocycles. The van der Waals surface area contributed by atoms with Gasteiger partial charge in [-0.25, -0.2) is 9.59 Å². The van der Waals surface area contributed by atoms with E-state index in [9.17, 15) is 14.4 Å². The molecule has 0 aliphatic carbocycles. The average molecular weight is 338 g/mol. The first-order valence-corrected chi connectivity index (χ1v) is 8.02. The zero-order valence-corrected chi connectivity index (χ0v) is 13.8. The Hall–Kier alpha value is -3.15. The molecule has 6 heteroatoms. The summed E-state index contributed by atoms with van der Waals surface area (Å²) in [4.78, 5) is 36.9. The lowest BCUT2D eigenvalue weighted by Gasteiger charge is -2.18. The van der Waals surface area contributed by atoms with Crippen molar-refractivity contribution >= 4 is 17.9 Å². The molecule has 1 fully saturated rings. The highest BCUT2D eigenvalue weighted by atomic mass is 16.5. The van der Waals surface area contributed by atoms with Crippen LogP contribution in [0.15, 0.2) is 54.6 Å². The molecule has 1 heterocycles. The number of rotatable bonds is 4. The van der Waals surface area contributed by atoms with Crippen LogP contribution in [0.1, 0.15) is 17.3 Å². The summed E-state index contributed by atoms with van der Waals surface area (Å²) in [5, 5.41) is 2.54. The van der Waals surface area contributed by atoms with Gasteiger partial charge in [0.15, 0.2) is 6.10 Å². The van der Waals surface area contributed by atoms with Crippen molar-refractivity contribution in [1.82, 2.24) is 10.2 Å². The summed E-state index contributed by atoms with van der Waals surface area (Å²) < 4.78 is 5.19. The van der Waals surface area contributed by atoms with E-state index >= 15 is 0 Å². The van der Waals surface area contributed by atoms with Gasteiger partial charge in [0.2, 0.25) is 0 Å². The van der Waals surface area contributed by atoms with E-state index in [0.29, 0.717) is 12.1 Å². The van der Waals surface area contributed by atoms with Crippen LogP contribution in [0.5, 0.6) is 0 Å². The highest BCUT2D eigenvalue weighted by molar-refractivity contribution is 5.99. The highest BCUT2D eigenvalue weighted by Gasteiger charge is 2.31. The molecule has 0 aromatic heterocycles. The minimum Gasteiger partial charge on any atom is -0.449 e. The third-order valence-electron chi connectivity index (χ3n) is 3.98. The molecule has 1 N–H and O–H groups in total. The number of imide groups is 1. The van der Waals surface area contributed by atoms with Crippen LogP contribution in [-0.2, 0) is 9.53 Å². The molecule has 0 saturated carbocycles. The zero-order chi connectivity index (χ0) is 17.8. The molecule has 1 aliphatic heterocycles. The maximum Gasteiger partial charge on any atom is 0.338 e. The smallest absolute Gasteiger partial charge is 0.338 e. The molecule has 1 atom stereocenters. The van der Waals surface area contributed by atoms with Crippen LogP contribution in [0, 0.1) is 0 Å². The van der Waals surface area contributed by atoms with Crippen molar-refractivity contribution < 1.29 is 19.1 Å². The first-order valence-electron chi connectivity index (χ1n) is 8.02. The summed E-state index contributed by atoms with van der Waals surface area (Å²) in [5.41, 5.74) is 2.38. The van der Waals surface area contributed by atoms with Gasteiger partial charge in [0.25, 0.3) is 5.91 Å². The predicted octanol–water partition coefficient (Wildman–Crippen LogP) is 2.45. The van der Waals surface area contributed by atoms with Crippen LogP contribution in [0.3, 0.4) is 0 Å². The van der Waals surface area contributed by atoms with Gasteiger partial charge in [0.1, 0.15) is 0 Å². The van der Waals surface area contributed by atoms with E-state index in [4.69, 9.17) is 4.74 Å². The van der Waals surface area contributed by atoms with E-state index in [0.717, 1.165) is 16.0 Å². The molecular weight excluding hydrogens is 320 g/mol. The van der Waals surface area contributed by atoms with E-state index in [-0.39, 0.29) is 6.54 Å². The maximum atomic E-state index is 12.2. The van der Waals surface area contributed by atoms with Crippen molar-refractivity contribution in [3.05, 3.63) is 60.2 Å². The van der Waals surface area contributed by atoms with E-state index in [1.54, 1.807) is 12.1 Å². The Labute approximate surface area is 145 Å².